The summed E-state index contributed by atoms with van der Waals surface area (Å²) in [6.45, 7) is 0. The molecular weight excluding hydrogens is 318 g/mol. The monoisotopic (exact) mass is 337 g/mol. The number of hydrogen-bond donors (Lipinski definition) is 2. The molecule has 1 unspecified atom stereocenters. The lowest BCUT2D eigenvalue weighted by Gasteiger charge is -2.14. The minimum atomic E-state index is -1.03. The number of hydrogen-bond acceptors (Lipinski definition) is 4. The van der Waals surface area contributed by atoms with E-state index in [4.69, 9.17) is 20.3 Å². The molecule has 128 valence electrons. The van der Waals surface area contributed by atoms with Gasteiger partial charge in [0.15, 0.2) is 11.5 Å². The van der Waals surface area contributed by atoms with Crippen molar-refractivity contribution in [2.24, 2.45) is 5.73 Å². The van der Waals surface area contributed by atoms with Crippen molar-refractivity contribution in [1.29, 1.82) is 0 Å². The van der Waals surface area contributed by atoms with Crippen molar-refractivity contribution in [3.63, 3.8) is 0 Å². The lowest BCUT2D eigenvalue weighted by molar-refractivity contribution is -0.138. The maximum absolute atomic E-state index is 10.9. The lowest BCUT2D eigenvalue weighted by Crippen LogP contribution is -2.32. The minimum Gasteiger partial charge on any atom is -0.493 e. The van der Waals surface area contributed by atoms with E-state index in [0.717, 1.165) is 16.3 Å². The van der Waals surface area contributed by atoms with Gasteiger partial charge in [-0.2, -0.15) is 0 Å². The highest BCUT2D eigenvalue weighted by atomic mass is 16.5. The van der Waals surface area contributed by atoms with Crippen molar-refractivity contribution in [3.05, 3.63) is 66.2 Å². The van der Waals surface area contributed by atoms with Crippen LogP contribution in [0, 0.1) is 0 Å². The van der Waals surface area contributed by atoms with Crippen LogP contribution in [0.25, 0.3) is 10.8 Å². The molecule has 0 saturated carbocycles. The first-order valence-corrected chi connectivity index (χ1v) is 7.89. The van der Waals surface area contributed by atoms with E-state index in [2.05, 4.69) is 0 Å². The Morgan fingerprint density at radius 2 is 1.92 bits per heavy atom. The van der Waals surface area contributed by atoms with E-state index in [0.29, 0.717) is 17.2 Å². The molecule has 0 aliphatic heterocycles. The van der Waals surface area contributed by atoms with Gasteiger partial charge in [-0.3, -0.25) is 4.79 Å². The van der Waals surface area contributed by atoms with E-state index in [9.17, 15) is 4.79 Å². The molecule has 0 aliphatic carbocycles. The molecule has 25 heavy (non-hydrogen) atoms. The molecule has 5 nitrogen and oxygen atoms in total. The Hall–Kier alpha value is -3.05. The maximum Gasteiger partial charge on any atom is 0.320 e. The van der Waals surface area contributed by atoms with Crippen molar-refractivity contribution < 1.29 is 19.4 Å². The minimum absolute atomic E-state index is 0.235. The number of rotatable bonds is 6. The zero-order valence-corrected chi connectivity index (χ0v) is 13.8. The summed E-state index contributed by atoms with van der Waals surface area (Å²) in [5.74, 6) is 0.832. The Labute approximate surface area is 145 Å². The zero-order valence-electron chi connectivity index (χ0n) is 13.8. The number of carboxylic acids is 1. The zero-order chi connectivity index (χ0) is 17.8. The topological polar surface area (TPSA) is 81.8 Å². The molecule has 3 rings (SSSR count). The van der Waals surface area contributed by atoms with Crippen molar-refractivity contribution in [3.8, 4) is 17.2 Å². The summed E-state index contributed by atoms with van der Waals surface area (Å²) in [6, 6.07) is 18.0. The third-order valence-electron chi connectivity index (χ3n) is 3.95. The molecule has 5 heteroatoms. The Morgan fingerprint density at radius 3 is 2.68 bits per heavy atom. The Morgan fingerprint density at radius 1 is 1.12 bits per heavy atom. The largest absolute Gasteiger partial charge is 0.493 e. The molecule has 0 aliphatic rings. The molecule has 0 fully saturated rings. The second-order valence-electron chi connectivity index (χ2n) is 5.72. The first-order chi connectivity index (χ1) is 12.1. The van der Waals surface area contributed by atoms with Crippen LogP contribution in [0.1, 0.15) is 5.56 Å². The number of nitrogens with two attached hydrogens (primary N) is 1. The van der Waals surface area contributed by atoms with Gasteiger partial charge in [0.25, 0.3) is 0 Å². The summed E-state index contributed by atoms with van der Waals surface area (Å²) in [6.07, 6.45) is 0.235. The SMILES string of the molecule is COc1ccc2ccccc2c1Oc1cccc(CC(N)C(=O)O)c1. The number of carboxylic acid groups (broad SMARTS) is 1. The molecule has 3 aromatic carbocycles. The van der Waals surface area contributed by atoms with E-state index in [1.54, 1.807) is 13.2 Å². The number of aliphatic carboxylic acids is 1. The lowest BCUT2D eigenvalue weighted by atomic mass is 10.1. The van der Waals surface area contributed by atoms with Crippen LogP contribution in [-0.2, 0) is 11.2 Å². The average molecular weight is 337 g/mol. The summed E-state index contributed by atoms with van der Waals surface area (Å²) < 4.78 is 11.5. The van der Waals surface area contributed by atoms with E-state index in [1.807, 2.05) is 54.6 Å². The first kappa shape index (κ1) is 16.8. The molecule has 3 N–H and O–H groups in total. The highest BCUT2D eigenvalue weighted by Gasteiger charge is 2.14. The number of methoxy groups -OCH3 is 1. The molecule has 0 aromatic heterocycles. The van der Waals surface area contributed by atoms with E-state index in [-0.39, 0.29) is 6.42 Å². The van der Waals surface area contributed by atoms with Gasteiger partial charge in [0.1, 0.15) is 11.8 Å². The molecule has 0 amide bonds. The third-order valence-corrected chi connectivity index (χ3v) is 3.95. The molecule has 0 saturated heterocycles. The smallest absolute Gasteiger partial charge is 0.320 e. The molecule has 0 bridgehead atoms. The van der Waals surface area contributed by atoms with E-state index >= 15 is 0 Å². The van der Waals surface area contributed by atoms with Gasteiger partial charge in [-0.1, -0.05) is 42.5 Å². The van der Waals surface area contributed by atoms with Gasteiger partial charge in [-0.15, -0.1) is 0 Å². The van der Waals surface area contributed by atoms with Gasteiger partial charge in [-0.25, -0.2) is 0 Å². The van der Waals surface area contributed by atoms with Crippen molar-refractivity contribution in [2.75, 3.05) is 7.11 Å². The van der Waals surface area contributed by atoms with Gasteiger partial charge in [0.2, 0.25) is 0 Å². The fourth-order valence-corrected chi connectivity index (χ4v) is 2.68. The molecule has 0 radical (unpaired) electrons. The van der Waals surface area contributed by atoms with Crippen LogP contribution in [0.15, 0.2) is 60.7 Å². The average Bonchev–Trinajstić information content (AvgIpc) is 2.62. The second-order valence-corrected chi connectivity index (χ2v) is 5.72. The normalized spacial score (nSPS) is 11.9. The van der Waals surface area contributed by atoms with Crippen molar-refractivity contribution >= 4 is 16.7 Å². The summed E-state index contributed by atoms with van der Waals surface area (Å²) in [4.78, 5) is 10.9. The second kappa shape index (κ2) is 7.23. The van der Waals surface area contributed by atoms with Crippen LogP contribution in [0.3, 0.4) is 0 Å². The van der Waals surface area contributed by atoms with Crippen molar-refractivity contribution in [2.45, 2.75) is 12.5 Å². The van der Waals surface area contributed by atoms with Crippen LogP contribution >= 0.6 is 0 Å². The van der Waals surface area contributed by atoms with E-state index in [1.165, 1.54) is 0 Å². The predicted octanol–water partition coefficient (Wildman–Crippen LogP) is 3.60. The van der Waals surface area contributed by atoms with Gasteiger partial charge >= 0.3 is 5.97 Å². The summed E-state index contributed by atoms with van der Waals surface area (Å²) in [5, 5.41) is 10.9. The van der Waals surface area contributed by atoms with Crippen LogP contribution < -0.4 is 15.2 Å². The Balaban J connectivity index is 1.95. The highest BCUT2D eigenvalue weighted by Crippen LogP contribution is 2.38. The summed E-state index contributed by atoms with van der Waals surface area (Å²) in [5.41, 5.74) is 6.41. The van der Waals surface area contributed by atoms with Crippen LogP contribution in [0.4, 0.5) is 0 Å². The molecule has 0 spiro atoms. The molecule has 0 heterocycles. The highest BCUT2D eigenvalue weighted by molar-refractivity contribution is 5.91. The molecule has 1 atom stereocenters. The fourth-order valence-electron chi connectivity index (χ4n) is 2.68. The quantitative estimate of drug-likeness (QED) is 0.718. The third kappa shape index (κ3) is 3.72. The fraction of sp³-hybridized carbons (Fsp3) is 0.150. The van der Waals surface area contributed by atoms with Crippen LogP contribution in [-0.4, -0.2) is 24.2 Å². The summed E-state index contributed by atoms with van der Waals surface area (Å²) >= 11 is 0. The van der Waals surface area contributed by atoms with Gasteiger partial charge in [-0.05, 0) is 35.6 Å². The van der Waals surface area contributed by atoms with Crippen molar-refractivity contribution in [1.82, 2.24) is 0 Å². The van der Waals surface area contributed by atoms with Crippen LogP contribution in [0.2, 0.25) is 0 Å². The summed E-state index contributed by atoms with van der Waals surface area (Å²) in [7, 11) is 1.60. The number of ether oxygens (including phenoxy) is 2. The van der Waals surface area contributed by atoms with Gasteiger partial charge in [0, 0.05) is 5.39 Å². The molecule has 3 aromatic rings. The van der Waals surface area contributed by atoms with Crippen LogP contribution in [0.5, 0.6) is 17.2 Å². The molecular formula is C20H19NO4. The van der Waals surface area contributed by atoms with E-state index < -0.39 is 12.0 Å². The number of carbonyl (C=O) groups is 1. The number of fused-ring (bicyclic) bond motifs is 1. The number of benzene rings is 3. The first-order valence-electron chi connectivity index (χ1n) is 7.89. The standard InChI is InChI=1S/C20H19NO4/c1-24-18-10-9-14-6-2-3-8-16(14)19(18)25-15-7-4-5-13(11-15)12-17(21)20(22)23/h2-11,17H,12,21H2,1H3,(H,22,23). The van der Waals surface area contributed by atoms with Gasteiger partial charge in [0.05, 0.1) is 7.11 Å². The Kier molecular flexibility index (Phi) is 4.86. The maximum atomic E-state index is 10.9. The van der Waals surface area contributed by atoms with Gasteiger partial charge < -0.3 is 20.3 Å². The predicted molar refractivity (Wildman–Crippen MR) is 96.3 cm³/mol. The Bertz CT molecular complexity index is 907.